The molecule has 0 aliphatic carbocycles. The molecule has 0 saturated carbocycles. The van der Waals surface area contributed by atoms with Gasteiger partial charge in [0.2, 0.25) is 0 Å². The maximum Gasteiger partial charge on any atom is 0.123 e. The molecule has 1 unspecified atom stereocenters. The van der Waals surface area contributed by atoms with Crippen molar-refractivity contribution in [1.82, 2.24) is 9.78 Å². The summed E-state index contributed by atoms with van der Waals surface area (Å²) in [5.41, 5.74) is 5.89. The van der Waals surface area contributed by atoms with Gasteiger partial charge in [-0.05, 0) is 5.92 Å². The van der Waals surface area contributed by atoms with Gasteiger partial charge in [-0.1, -0.05) is 13.8 Å². The minimum Gasteiger partial charge on any atom is -0.369 e. The van der Waals surface area contributed by atoms with Crippen molar-refractivity contribution >= 4 is 5.82 Å². The van der Waals surface area contributed by atoms with Gasteiger partial charge in [-0.3, -0.25) is 4.68 Å². The van der Waals surface area contributed by atoms with Crippen molar-refractivity contribution in [3.05, 3.63) is 12.3 Å². The van der Waals surface area contributed by atoms with Crippen LogP contribution >= 0.6 is 0 Å². The Hall–Kier alpha value is -1.03. The van der Waals surface area contributed by atoms with E-state index in [1.165, 1.54) is 0 Å². The monoisotopic (exact) mass is 182 g/mol. The van der Waals surface area contributed by atoms with Crippen molar-refractivity contribution < 1.29 is 0 Å². The molecule has 0 aliphatic rings. The molecule has 3 N–H and O–H groups in total. The standard InChI is InChI=1S/C9H18N4/c1-7(2)8(10)6-11-9-4-5-12-13(9)3/h4-5,7-8,11H,6,10H2,1-3H3. The predicted molar refractivity (Wildman–Crippen MR) is 54.5 cm³/mol. The van der Waals surface area contributed by atoms with Crippen LogP contribution in [-0.2, 0) is 7.05 Å². The molecule has 0 fully saturated rings. The lowest BCUT2D eigenvalue weighted by Crippen LogP contribution is -2.34. The molecule has 1 atom stereocenters. The molecule has 1 heterocycles. The average molecular weight is 182 g/mol. The Labute approximate surface area is 79.1 Å². The first-order chi connectivity index (χ1) is 6.11. The summed E-state index contributed by atoms with van der Waals surface area (Å²) in [6.07, 6.45) is 1.77. The Morgan fingerprint density at radius 3 is 2.77 bits per heavy atom. The lowest BCUT2D eigenvalue weighted by atomic mass is 10.1. The van der Waals surface area contributed by atoms with Gasteiger partial charge < -0.3 is 11.1 Å². The Bertz CT molecular complexity index is 254. The highest BCUT2D eigenvalue weighted by Crippen LogP contribution is 2.04. The van der Waals surface area contributed by atoms with E-state index in [4.69, 9.17) is 5.73 Å². The third-order valence-corrected chi connectivity index (χ3v) is 2.20. The van der Waals surface area contributed by atoms with E-state index < -0.39 is 0 Å². The fourth-order valence-corrected chi connectivity index (χ4v) is 1.01. The Balaban J connectivity index is 2.39. The van der Waals surface area contributed by atoms with Gasteiger partial charge in [-0.25, -0.2) is 0 Å². The lowest BCUT2D eigenvalue weighted by Gasteiger charge is -2.16. The highest BCUT2D eigenvalue weighted by molar-refractivity contribution is 5.33. The molecule has 4 heteroatoms. The molecule has 0 saturated heterocycles. The van der Waals surface area contributed by atoms with Gasteiger partial charge in [-0.15, -0.1) is 0 Å². The van der Waals surface area contributed by atoms with Crippen molar-refractivity contribution in [2.45, 2.75) is 19.9 Å². The number of anilines is 1. The van der Waals surface area contributed by atoms with Gasteiger partial charge in [0, 0.05) is 25.7 Å². The van der Waals surface area contributed by atoms with E-state index in [0.29, 0.717) is 5.92 Å². The molecule has 0 aromatic carbocycles. The summed E-state index contributed by atoms with van der Waals surface area (Å²) in [5, 5.41) is 7.30. The Morgan fingerprint density at radius 2 is 2.31 bits per heavy atom. The van der Waals surface area contributed by atoms with Crippen molar-refractivity contribution in [1.29, 1.82) is 0 Å². The van der Waals surface area contributed by atoms with Crippen LogP contribution in [0.3, 0.4) is 0 Å². The molecule has 74 valence electrons. The third kappa shape index (κ3) is 2.73. The van der Waals surface area contributed by atoms with E-state index in [-0.39, 0.29) is 6.04 Å². The fourth-order valence-electron chi connectivity index (χ4n) is 1.01. The van der Waals surface area contributed by atoms with Crippen molar-refractivity contribution in [2.75, 3.05) is 11.9 Å². The van der Waals surface area contributed by atoms with E-state index in [9.17, 15) is 0 Å². The maximum absolute atomic E-state index is 5.89. The van der Waals surface area contributed by atoms with Gasteiger partial charge in [0.05, 0.1) is 6.20 Å². The van der Waals surface area contributed by atoms with Crippen molar-refractivity contribution in [2.24, 2.45) is 18.7 Å². The van der Waals surface area contributed by atoms with E-state index >= 15 is 0 Å². The van der Waals surface area contributed by atoms with Crippen LogP contribution in [0.5, 0.6) is 0 Å². The lowest BCUT2D eigenvalue weighted by molar-refractivity contribution is 0.510. The zero-order chi connectivity index (χ0) is 9.84. The molecule has 0 amide bonds. The number of hydrogen-bond donors (Lipinski definition) is 2. The first-order valence-corrected chi connectivity index (χ1v) is 4.58. The average Bonchev–Trinajstić information content (AvgIpc) is 2.47. The summed E-state index contributed by atoms with van der Waals surface area (Å²) in [7, 11) is 1.91. The molecule has 1 aromatic heterocycles. The van der Waals surface area contributed by atoms with Crippen LogP contribution in [-0.4, -0.2) is 22.4 Å². The summed E-state index contributed by atoms with van der Waals surface area (Å²) < 4.78 is 1.80. The summed E-state index contributed by atoms with van der Waals surface area (Å²) in [6.45, 7) is 5.03. The van der Waals surface area contributed by atoms with E-state index in [0.717, 1.165) is 12.4 Å². The van der Waals surface area contributed by atoms with E-state index in [1.807, 2.05) is 13.1 Å². The van der Waals surface area contributed by atoms with Crippen LogP contribution in [0.2, 0.25) is 0 Å². The van der Waals surface area contributed by atoms with E-state index in [1.54, 1.807) is 10.9 Å². The number of aryl methyl sites for hydroxylation is 1. The number of aromatic nitrogens is 2. The molecule has 4 nitrogen and oxygen atoms in total. The molecule has 0 spiro atoms. The number of nitrogens with zero attached hydrogens (tertiary/aromatic N) is 2. The SMILES string of the molecule is CC(C)C(N)CNc1ccnn1C. The topological polar surface area (TPSA) is 55.9 Å². The van der Waals surface area contributed by atoms with Crippen molar-refractivity contribution in [3.8, 4) is 0 Å². The van der Waals surface area contributed by atoms with Gasteiger partial charge in [0.25, 0.3) is 0 Å². The zero-order valence-electron chi connectivity index (χ0n) is 8.49. The van der Waals surface area contributed by atoms with Gasteiger partial charge in [-0.2, -0.15) is 5.10 Å². The third-order valence-electron chi connectivity index (χ3n) is 2.20. The number of hydrogen-bond acceptors (Lipinski definition) is 3. The summed E-state index contributed by atoms with van der Waals surface area (Å²) in [5.74, 6) is 1.51. The molecular weight excluding hydrogens is 164 g/mol. The van der Waals surface area contributed by atoms with E-state index in [2.05, 4.69) is 24.3 Å². The molecule has 0 aliphatic heterocycles. The smallest absolute Gasteiger partial charge is 0.123 e. The number of nitrogens with two attached hydrogens (primary N) is 1. The summed E-state index contributed by atoms with van der Waals surface area (Å²) in [6, 6.07) is 2.13. The second-order valence-electron chi connectivity index (χ2n) is 3.63. The summed E-state index contributed by atoms with van der Waals surface area (Å²) >= 11 is 0. The van der Waals surface area contributed by atoms with Gasteiger partial charge in [0.1, 0.15) is 5.82 Å². The molecule has 13 heavy (non-hydrogen) atoms. The van der Waals surface area contributed by atoms with Crippen LogP contribution in [0.25, 0.3) is 0 Å². The number of nitrogens with one attached hydrogen (secondary N) is 1. The van der Waals surface area contributed by atoms with Crippen LogP contribution < -0.4 is 11.1 Å². The Kier molecular flexibility index (Phi) is 3.31. The predicted octanol–water partition coefficient (Wildman–Crippen LogP) is 0.815. The highest BCUT2D eigenvalue weighted by atomic mass is 15.3. The minimum absolute atomic E-state index is 0.190. The highest BCUT2D eigenvalue weighted by Gasteiger charge is 2.07. The molecular formula is C9H18N4. The second-order valence-corrected chi connectivity index (χ2v) is 3.63. The first-order valence-electron chi connectivity index (χ1n) is 4.58. The zero-order valence-corrected chi connectivity index (χ0v) is 8.49. The fraction of sp³-hybridized carbons (Fsp3) is 0.667. The molecule has 1 rings (SSSR count). The quantitative estimate of drug-likeness (QED) is 0.724. The molecule has 0 bridgehead atoms. The van der Waals surface area contributed by atoms with Gasteiger partial charge >= 0.3 is 0 Å². The summed E-state index contributed by atoms with van der Waals surface area (Å²) in [4.78, 5) is 0. The Morgan fingerprint density at radius 1 is 1.62 bits per heavy atom. The van der Waals surface area contributed by atoms with Crippen LogP contribution in [0.15, 0.2) is 12.3 Å². The van der Waals surface area contributed by atoms with Gasteiger partial charge in [0.15, 0.2) is 0 Å². The van der Waals surface area contributed by atoms with Crippen LogP contribution in [0.4, 0.5) is 5.82 Å². The maximum atomic E-state index is 5.89. The van der Waals surface area contributed by atoms with Crippen LogP contribution in [0.1, 0.15) is 13.8 Å². The molecule has 1 aromatic rings. The first kappa shape index (κ1) is 10.1. The largest absolute Gasteiger partial charge is 0.369 e. The van der Waals surface area contributed by atoms with Crippen LogP contribution in [0, 0.1) is 5.92 Å². The normalized spacial score (nSPS) is 13.3. The number of rotatable bonds is 4. The minimum atomic E-state index is 0.190. The van der Waals surface area contributed by atoms with Crippen molar-refractivity contribution in [3.63, 3.8) is 0 Å². The second kappa shape index (κ2) is 4.28. The molecule has 0 radical (unpaired) electrons.